The summed E-state index contributed by atoms with van der Waals surface area (Å²) in [7, 11) is -3.53. The lowest BCUT2D eigenvalue weighted by atomic mass is 10.2. The highest BCUT2D eigenvalue weighted by Crippen LogP contribution is 2.34. The first-order chi connectivity index (χ1) is 9.42. The summed E-state index contributed by atoms with van der Waals surface area (Å²) < 4.78 is 33.1. The maximum atomic E-state index is 12.3. The van der Waals surface area contributed by atoms with Crippen LogP contribution >= 0.6 is 15.9 Å². The molecule has 5 nitrogen and oxygen atoms in total. The highest BCUT2D eigenvalue weighted by Gasteiger charge is 2.28. The molecule has 1 aromatic rings. The van der Waals surface area contributed by atoms with Crippen LogP contribution in [0.15, 0.2) is 20.0 Å². The largest absolute Gasteiger partial charge is 0.452 e. The zero-order chi connectivity index (χ0) is 14.8. The van der Waals surface area contributed by atoms with Crippen LogP contribution in [0.1, 0.15) is 38.9 Å². The predicted octanol–water partition coefficient (Wildman–Crippen LogP) is 2.62. The maximum absolute atomic E-state index is 12.3. The number of halogens is 1. The molecule has 0 spiro atoms. The Morgan fingerprint density at radius 2 is 2.20 bits per heavy atom. The van der Waals surface area contributed by atoms with E-state index in [4.69, 9.17) is 4.42 Å². The normalized spacial score (nSPS) is 17.4. The second-order valence-corrected chi connectivity index (χ2v) is 7.74. The van der Waals surface area contributed by atoms with Gasteiger partial charge in [0.1, 0.15) is 10.7 Å². The third-order valence-electron chi connectivity index (χ3n) is 3.29. The number of hydrogen-bond acceptors (Lipinski definition) is 4. The standard InChI is InChI=1S/C13H21BrN2O3S/c1-3-15-8-11-7-12(13(14)19-11)20(17,18)16-9(2)6-10-4-5-10/h7,9-10,15-16H,3-6,8H2,1-2H3. The molecule has 0 amide bonds. The van der Waals surface area contributed by atoms with Gasteiger partial charge in [0, 0.05) is 12.1 Å². The highest BCUT2D eigenvalue weighted by molar-refractivity contribution is 9.10. The molecule has 0 bridgehead atoms. The minimum atomic E-state index is -3.53. The van der Waals surface area contributed by atoms with Crippen LogP contribution in [0, 0.1) is 5.92 Å². The van der Waals surface area contributed by atoms with Crippen LogP contribution in [-0.4, -0.2) is 21.0 Å². The Labute approximate surface area is 128 Å². The Bertz CT molecular complexity index is 552. The van der Waals surface area contributed by atoms with Crippen LogP contribution in [0.5, 0.6) is 0 Å². The van der Waals surface area contributed by atoms with Gasteiger partial charge in [-0.3, -0.25) is 0 Å². The Kier molecular flexibility index (Phi) is 5.28. The predicted molar refractivity (Wildman–Crippen MR) is 80.9 cm³/mol. The van der Waals surface area contributed by atoms with Crippen LogP contribution in [0.4, 0.5) is 0 Å². The first-order valence-corrected chi connectivity index (χ1v) is 9.21. The van der Waals surface area contributed by atoms with Crippen molar-refractivity contribution in [1.82, 2.24) is 10.0 Å². The van der Waals surface area contributed by atoms with Crippen LogP contribution in [-0.2, 0) is 16.6 Å². The van der Waals surface area contributed by atoms with Crippen LogP contribution in [0.2, 0.25) is 0 Å². The molecule has 2 rings (SSSR count). The molecule has 1 aliphatic carbocycles. The van der Waals surface area contributed by atoms with E-state index >= 15 is 0 Å². The van der Waals surface area contributed by atoms with Crippen molar-refractivity contribution in [2.24, 2.45) is 5.92 Å². The van der Waals surface area contributed by atoms with E-state index in [1.807, 2.05) is 13.8 Å². The fourth-order valence-electron chi connectivity index (χ4n) is 2.15. The molecule has 1 fully saturated rings. The van der Waals surface area contributed by atoms with E-state index in [9.17, 15) is 8.42 Å². The molecular formula is C13H21BrN2O3S. The van der Waals surface area contributed by atoms with Gasteiger partial charge in [-0.25, -0.2) is 13.1 Å². The smallest absolute Gasteiger partial charge is 0.245 e. The summed E-state index contributed by atoms with van der Waals surface area (Å²) in [5.74, 6) is 1.29. The second-order valence-electron chi connectivity index (χ2n) is 5.33. The summed E-state index contributed by atoms with van der Waals surface area (Å²) in [6, 6.07) is 1.52. The van der Waals surface area contributed by atoms with E-state index < -0.39 is 10.0 Å². The molecule has 0 aliphatic heterocycles. The summed E-state index contributed by atoms with van der Waals surface area (Å²) in [5, 5.41) is 3.10. The van der Waals surface area contributed by atoms with E-state index in [0.29, 0.717) is 18.2 Å². The first-order valence-electron chi connectivity index (χ1n) is 6.93. The van der Waals surface area contributed by atoms with E-state index in [0.717, 1.165) is 13.0 Å². The molecule has 0 radical (unpaired) electrons. The lowest BCUT2D eigenvalue weighted by molar-refractivity contribution is 0.463. The van der Waals surface area contributed by atoms with Gasteiger partial charge in [0.2, 0.25) is 10.0 Å². The third-order valence-corrected chi connectivity index (χ3v) is 5.73. The minimum Gasteiger partial charge on any atom is -0.452 e. The van der Waals surface area contributed by atoms with Crippen molar-refractivity contribution in [3.8, 4) is 0 Å². The number of nitrogens with one attached hydrogen (secondary N) is 2. The fraction of sp³-hybridized carbons (Fsp3) is 0.692. The monoisotopic (exact) mass is 364 g/mol. The zero-order valence-electron chi connectivity index (χ0n) is 11.8. The molecule has 0 aromatic carbocycles. The molecule has 1 heterocycles. The summed E-state index contributed by atoms with van der Waals surface area (Å²) in [6.07, 6.45) is 3.33. The quantitative estimate of drug-likeness (QED) is 0.743. The summed E-state index contributed by atoms with van der Waals surface area (Å²) in [5.41, 5.74) is 0. The number of hydrogen-bond donors (Lipinski definition) is 2. The molecule has 2 N–H and O–H groups in total. The van der Waals surface area contributed by atoms with Gasteiger partial charge in [-0.2, -0.15) is 0 Å². The molecule has 114 valence electrons. The number of sulfonamides is 1. The van der Waals surface area contributed by atoms with Gasteiger partial charge in [-0.05, 0) is 41.7 Å². The molecule has 1 aliphatic rings. The van der Waals surface area contributed by atoms with Gasteiger partial charge >= 0.3 is 0 Å². The average molecular weight is 365 g/mol. The molecule has 1 unspecified atom stereocenters. The third kappa shape index (κ3) is 4.31. The van der Waals surface area contributed by atoms with Crippen LogP contribution in [0.25, 0.3) is 0 Å². The van der Waals surface area contributed by atoms with Crippen molar-refractivity contribution in [2.75, 3.05) is 6.54 Å². The Morgan fingerprint density at radius 1 is 1.50 bits per heavy atom. The maximum Gasteiger partial charge on any atom is 0.245 e. The van der Waals surface area contributed by atoms with Gasteiger partial charge in [0.25, 0.3) is 0 Å². The van der Waals surface area contributed by atoms with Crippen molar-refractivity contribution in [3.05, 3.63) is 16.5 Å². The molecule has 0 saturated heterocycles. The van der Waals surface area contributed by atoms with Crippen molar-refractivity contribution >= 4 is 26.0 Å². The molecule has 1 atom stereocenters. The highest BCUT2D eigenvalue weighted by atomic mass is 79.9. The fourth-order valence-corrected chi connectivity index (χ4v) is 4.40. The molecule has 1 saturated carbocycles. The van der Waals surface area contributed by atoms with Crippen molar-refractivity contribution in [3.63, 3.8) is 0 Å². The second kappa shape index (κ2) is 6.60. The first kappa shape index (κ1) is 16.0. The SMILES string of the molecule is CCNCc1cc(S(=O)(=O)NC(C)CC2CC2)c(Br)o1. The van der Waals surface area contributed by atoms with Gasteiger partial charge in [-0.15, -0.1) is 0 Å². The molecule has 7 heteroatoms. The van der Waals surface area contributed by atoms with E-state index in [2.05, 4.69) is 26.0 Å². The molecular weight excluding hydrogens is 344 g/mol. The number of furan rings is 1. The van der Waals surface area contributed by atoms with Gasteiger partial charge in [0.05, 0.1) is 6.54 Å². The van der Waals surface area contributed by atoms with Gasteiger partial charge in [-0.1, -0.05) is 19.8 Å². The lowest BCUT2D eigenvalue weighted by Crippen LogP contribution is -2.32. The number of rotatable bonds is 8. The lowest BCUT2D eigenvalue weighted by Gasteiger charge is -2.12. The van der Waals surface area contributed by atoms with Gasteiger partial charge in [0.15, 0.2) is 4.67 Å². The Balaban J connectivity index is 2.05. The van der Waals surface area contributed by atoms with Crippen molar-refractivity contribution < 1.29 is 12.8 Å². The van der Waals surface area contributed by atoms with Crippen molar-refractivity contribution in [1.29, 1.82) is 0 Å². The summed E-state index contributed by atoms with van der Waals surface area (Å²) in [6.45, 7) is 5.21. The Hall–Kier alpha value is -0.370. The van der Waals surface area contributed by atoms with E-state index in [1.165, 1.54) is 12.8 Å². The molecule has 1 aromatic heterocycles. The Morgan fingerprint density at radius 3 is 2.80 bits per heavy atom. The molecule has 20 heavy (non-hydrogen) atoms. The van der Waals surface area contributed by atoms with E-state index in [1.54, 1.807) is 6.07 Å². The van der Waals surface area contributed by atoms with Crippen LogP contribution in [0.3, 0.4) is 0 Å². The average Bonchev–Trinajstić information content (AvgIpc) is 3.06. The van der Waals surface area contributed by atoms with Gasteiger partial charge < -0.3 is 9.73 Å². The summed E-state index contributed by atoms with van der Waals surface area (Å²) in [4.78, 5) is 0.174. The zero-order valence-corrected chi connectivity index (χ0v) is 14.2. The topological polar surface area (TPSA) is 71.3 Å². The van der Waals surface area contributed by atoms with Crippen LogP contribution < -0.4 is 10.0 Å². The summed E-state index contributed by atoms with van der Waals surface area (Å²) >= 11 is 3.18. The minimum absolute atomic E-state index is 0.0495. The van der Waals surface area contributed by atoms with E-state index in [-0.39, 0.29) is 15.6 Å². The van der Waals surface area contributed by atoms with Crippen molar-refractivity contribution in [2.45, 2.75) is 50.6 Å².